The minimum Gasteiger partial charge on any atom is -0.494 e. The van der Waals surface area contributed by atoms with Crippen molar-refractivity contribution in [2.24, 2.45) is 0 Å². The molecule has 0 amide bonds. The van der Waals surface area contributed by atoms with Crippen LogP contribution in [-0.2, 0) is 17.1 Å². The summed E-state index contributed by atoms with van der Waals surface area (Å²) in [6, 6.07) is 35.3. The Bertz CT molecular complexity index is 973. The van der Waals surface area contributed by atoms with Crippen LogP contribution < -0.4 is 9.47 Å². The Morgan fingerprint density at radius 2 is 1.15 bits per heavy atom. The summed E-state index contributed by atoms with van der Waals surface area (Å²) in [7, 11) is 0. The first kappa shape index (κ1) is 26.3. The van der Waals surface area contributed by atoms with Crippen molar-refractivity contribution in [3.63, 3.8) is 0 Å². The summed E-state index contributed by atoms with van der Waals surface area (Å²) in [5.41, 5.74) is 6.26. The first-order valence-corrected chi connectivity index (χ1v) is 11.3. The van der Waals surface area contributed by atoms with E-state index in [0.29, 0.717) is 13.2 Å². The fourth-order valence-electron chi connectivity index (χ4n) is 3.71. The third-order valence-electron chi connectivity index (χ3n) is 5.13. The normalized spacial score (nSPS) is 9.79. The summed E-state index contributed by atoms with van der Waals surface area (Å²) in [6.45, 7) is 7.57. The molecular formula is C30H32FeO2. The minimum absolute atomic E-state index is 0. The molecule has 4 aromatic rings. The van der Waals surface area contributed by atoms with Gasteiger partial charge in [-0.05, 0) is 44.5 Å². The SMILES string of the molecule is CCOc1ccc(C(=C(CC)[c-]2cccc2)c2ccc(OCC)cc2)cc1.[Fe+2].c1cc[cH-]c1. The Morgan fingerprint density at radius 1 is 0.697 bits per heavy atom. The Hall–Kier alpha value is -3.00. The standard InChI is InChI=1S/C25H27O2.C5H5.Fe/c1-4-24(19-9-7-8-10-19)25(20-11-15-22(16-12-20)26-5-2)21-13-17-23(18-14-21)27-6-3;1-2-4-5-3-1;/h7-18H,4-6H2,1-3H3;1-5H;/q2*-1;+2. The van der Waals surface area contributed by atoms with Gasteiger partial charge >= 0.3 is 17.1 Å². The first-order chi connectivity index (χ1) is 15.8. The molecule has 4 aromatic carbocycles. The molecule has 2 nitrogen and oxygen atoms in total. The summed E-state index contributed by atoms with van der Waals surface area (Å²) in [5.74, 6) is 1.80. The Morgan fingerprint density at radius 3 is 1.48 bits per heavy atom. The monoisotopic (exact) mass is 480 g/mol. The molecule has 0 radical (unpaired) electrons. The number of ether oxygens (including phenoxy) is 2. The molecule has 0 saturated carbocycles. The van der Waals surface area contributed by atoms with E-state index in [1.807, 2.05) is 68.4 Å². The van der Waals surface area contributed by atoms with Gasteiger partial charge in [-0.3, -0.25) is 0 Å². The van der Waals surface area contributed by atoms with Crippen molar-refractivity contribution >= 4 is 11.1 Å². The molecule has 33 heavy (non-hydrogen) atoms. The van der Waals surface area contributed by atoms with Crippen molar-refractivity contribution in [2.45, 2.75) is 27.2 Å². The second kappa shape index (κ2) is 14.2. The first-order valence-electron chi connectivity index (χ1n) is 11.3. The van der Waals surface area contributed by atoms with Gasteiger partial charge in [0.25, 0.3) is 0 Å². The number of benzene rings is 2. The predicted molar refractivity (Wildman–Crippen MR) is 135 cm³/mol. The van der Waals surface area contributed by atoms with Crippen LogP contribution in [-0.4, -0.2) is 13.2 Å². The zero-order valence-electron chi connectivity index (χ0n) is 19.6. The van der Waals surface area contributed by atoms with Crippen molar-refractivity contribution in [3.8, 4) is 11.5 Å². The number of allylic oxidation sites excluding steroid dienone is 1. The van der Waals surface area contributed by atoms with Gasteiger partial charge in [0.05, 0.1) is 13.2 Å². The molecule has 0 N–H and O–H groups in total. The Balaban J connectivity index is 0.000000568. The van der Waals surface area contributed by atoms with Crippen LogP contribution in [0.25, 0.3) is 11.1 Å². The van der Waals surface area contributed by atoms with Crippen LogP contribution in [0.4, 0.5) is 0 Å². The van der Waals surface area contributed by atoms with Gasteiger partial charge in [0, 0.05) is 0 Å². The molecule has 0 atom stereocenters. The van der Waals surface area contributed by atoms with E-state index < -0.39 is 0 Å². The van der Waals surface area contributed by atoms with E-state index in [9.17, 15) is 0 Å². The van der Waals surface area contributed by atoms with Crippen molar-refractivity contribution in [1.29, 1.82) is 0 Å². The van der Waals surface area contributed by atoms with Crippen molar-refractivity contribution in [3.05, 3.63) is 120 Å². The number of rotatable bonds is 8. The fraction of sp³-hybridized carbons (Fsp3) is 0.200. The van der Waals surface area contributed by atoms with Gasteiger partial charge in [0.1, 0.15) is 11.5 Å². The van der Waals surface area contributed by atoms with E-state index in [0.717, 1.165) is 17.9 Å². The Labute approximate surface area is 209 Å². The van der Waals surface area contributed by atoms with Gasteiger partial charge in [-0.15, -0.1) is 23.3 Å². The maximum absolute atomic E-state index is 5.62. The van der Waals surface area contributed by atoms with E-state index in [2.05, 4.69) is 55.5 Å². The average molecular weight is 480 g/mol. The predicted octanol–water partition coefficient (Wildman–Crippen LogP) is 7.98. The van der Waals surface area contributed by atoms with E-state index in [1.54, 1.807) is 0 Å². The van der Waals surface area contributed by atoms with Gasteiger partial charge in [-0.1, -0.05) is 47.9 Å². The molecule has 0 aliphatic heterocycles. The zero-order chi connectivity index (χ0) is 22.6. The van der Waals surface area contributed by atoms with Gasteiger partial charge in [0.2, 0.25) is 0 Å². The molecule has 0 bridgehead atoms. The van der Waals surface area contributed by atoms with E-state index in [-0.39, 0.29) is 17.1 Å². The molecule has 0 fully saturated rings. The van der Waals surface area contributed by atoms with Crippen molar-refractivity contribution < 1.29 is 26.5 Å². The average Bonchev–Trinajstić information content (AvgIpc) is 3.57. The van der Waals surface area contributed by atoms with E-state index in [4.69, 9.17) is 9.47 Å². The van der Waals surface area contributed by atoms with Gasteiger partial charge in [-0.25, -0.2) is 12.1 Å². The van der Waals surface area contributed by atoms with Crippen LogP contribution in [0, 0.1) is 0 Å². The maximum Gasteiger partial charge on any atom is 2.00 e. The van der Waals surface area contributed by atoms with Crippen LogP contribution >= 0.6 is 0 Å². The maximum atomic E-state index is 5.62. The van der Waals surface area contributed by atoms with Crippen LogP contribution in [0.15, 0.2) is 103 Å². The molecule has 4 rings (SSSR count). The molecule has 0 saturated heterocycles. The number of hydrogen-bond donors (Lipinski definition) is 0. The molecule has 0 aromatic heterocycles. The second-order valence-electron chi connectivity index (χ2n) is 7.26. The largest absolute Gasteiger partial charge is 2.00 e. The van der Waals surface area contributed by atoms with Crippen LogP contribution in [0.3, 0.4) is 0 Å². The smallest absolute Gasteiger partial charge is 0.494 e. The third-order valence-corrected chi connectivity index (χ3v) is 5.13. The summed E-state index contributed by atoms with van der Waals surface area (Å²) in [4.78, 5) is 0. The third kappa shape index (κ3) is 7.53. The van der Waals surface area contributed by atoms with Gasteiger partial charge < -0.3 is 9.47 Å². The molecular weight excluding hydrogens is 448 g/mol. The van der Waals surface area contributed by atoms with Crippen molar-refractivity contribution in [1.82, 2.24) is 0 Å². The van der Waals surface area contributed by atoms with Gasteiger partial charge in [-0.2, -0.15) is 30.3 Å². The molecule has 0 heterocycles. The van der Waals surface area contributed by atoms with E-state index in [1.165, 1.54) is 27.8 Å². The van der Waals surface area contributed by atoms with Crippen molar-refractivity contribution in [2.75, 3.05) is 13.2 Å². The van der Waals surface area contributed by atoms with Crippen LogP contribution in [0.2, 0.25) is 0 Å². The van der Waals surface area contributed by atoms with E-state index >= 15 is 0 Å². The topological polar surface area (TPSA) is 18.5 Å². The second-order valence-corrected chi connectivity index (χ2v) is 7.26. The fourth-order valence-corrected chi connectivity index (χ4v) is 3.71. The van der Waals surface area contributed by atoms with Gasteiger partial charge in [0.15, 0.2) is 0 Å². The molecule has 0 unspecified atom stereocenters. The summed E-state index contributed by atoms with van der Waals surface area (Å²) in [6.07, 6.45) is 0.958. The Kier molecular flexibility index (Phi) is 11.3. The van der Waals surface area contributed by atoms with Crippen LogP contribution in [0.5, 0.6) is 11.5 Å². The number of hydrogen-bond acceptors (Lipinski definition) is 2. The summed E-state index contributed by atoms with van der Waals surface area (Å²) >= 11 is 0. The quantitative estimate of drug-likeness (QED) is 0.188. The summed E-state index contributed by atoms with van der Waals surface area (Å²) in [5, 5.41) is 0. The minimum atomic E-state index is 0. The summed E-state index contributed by atoms with van der Waals surface area (Å²) < 4.78 is 11.2. The zero-order valence-corrected chi connectivity index (χ0v) is 20.7. The molecule has 3 heteroatoms. The molecule has 172 valence electrons. The molecule has 0 aliphatic rings. The molecule has 0 spiro atoms. The van der Waals surface area contributed by atoms with Crippen LogP contribution in [0.1, 0.15) is 43.9 Å². The molecule has 0 aliphatic carbocycles.